The number of allylic oxidation sites excluding steroid dienone is 20. The Bertz CT molecular complexity index is 1490. The maximum Gasteiger partial charge on any atom is 0.306 e. The average molecular weight is 970 g/mol. The summed E-state index contributed by atoms with van der Waals surface area (Å²) in [4.78, 5) is 38.0. The summed E-state index contributed by atoms with van der Waals surface area (Å²) in [6, 6.07) is 0. The summed E-state index contributed by atoms with van der Waals surface area (Å²) in [6.07, 6.45) is 79.2. The van der Waals surface area contributed by atoms with Crippen molar-refractivity contribution in [1.82, 2.24) is 0 Å². The first-order chi connectivity index (χ1) is 34.5. The average Bonchev–Trinajstić information content (AvgIpc) is 3.36. The number of carbonyl (C=O) groups is 3. The van der Waals surface area contributed by atoms with Crippen LogP contribution in [0.2, 0.25) is 0 Å². The molecule has 0 aromatic carbocycles. The van der Waals surface area contributed by atoms with E-state index in [4.69, 9.17) is 14.2 Å². The minimum atomic E-state index is -0.804. The molecule has 0 bridgehead atoms. The summed E-state index contributed by atoms with van der Waals surface area (Å²) < 4.78 is 16.8. The monoisotopic (exact) mass is 969 g/mol. The van der Waals surface area contributed by atoms with Gasteiger partial charge in [0, 0.05) is 19.3 Å². The van der Waals surface area contributed by atoms with Crippen molar-refractivity contribution in [3.05, 3.63) is 122 Å². The van der Waals surface area contributed by atoms with Crippen LogP contribution in [0.15, 0.2) is 122 Å². The Morgan fingerprint density at radius 1 is 0.300 bits per heavy atom. The molecule has 1 unspecified atom stereocenters. The lowest BCUT2D eigenvalue weighted by Crippen LogP contribution is -2.30. The maximum absolute atomic E-state index is 12.8. The zero-order valence-corrected chi connectivity index (χ0v) is 45.2. The molecule has 0 rings (SSSR count). The van der Waals surface area contributed by atoms with Crippen LogP contribution in [0.1, 0.15) is 245 Å². The zero-order valence-electron chi connectivity index (χ0n) is 45.2. The van der Waals surface area contributed by atoms with E-state index in [0.717, 1.165) is 116 Å². The Morgan fingerprint density at radius 3 is 0.900 bits per heavy atom. The molecule has 0 fully saturated rings. The van der Waals surface area contributed by atoms with Crippen LogP contribution in [-0.4, -0.2) is 37.2 Å². The molecule has 70 heavy (non-hydrogen) atoms. The second kappa shape index (κ2) is 57.4. The third kappa shape index (κ3) is 54.7. The first-order valence-electron chi connectivity index (χ1n) is 28.5. The molecule has 0 heterocycles. The predicted octanol–water partition coefficient (Wildman–Crippen LogP) is 19.3. The Balaban J connectivity index is 4.34. The zero-order chi connectivity index (χ0) is 50.7. The molecule has 0 aliphatic carbocycles. The van der Waals surface area contributed by atoms with Gasteiger partial charge in [-0.3, -0.25) is 14.4 Å². The largest absolute Gasteiger partial charge is 0.462 e. The molecule has 6 heteroatoms. The van der Waals surface area contributed by atoms with Gasteiger partial charge in [-0.2, -0.15) is 0 Å². The van der Waals surface area contributed by atoms with E-state index in [-0.39, 0.29) is 37.5 Å². The number of hydrogen-bond donors (Lipinski definition) is 0. The fourth-order valence-electron chi connectivity index (χ4n) is 7.49. The van der Waals surface area contributed by atoms with Crippen LogP contribution in [0.3, 0.4) is 0 Å². The predicted molar refractivity (Wildman–Crippen MR) is 302 cm³/mol. The molecule has 0 aliphatic rings. The van der Waals surface area contributed by atoms with E-state index in [1.54, 1.807) is 0 Å². The summed E-state index contributed by atoms with van der Waals surface area (Å²) in [6.45, 7) is 6.34. The number of carbonyl (C=O) groups excluding carboxylic acids is 3. The highest BCUT2D eigenvalue weighted by atomic mass is 16.6. The SMILES string of the molecule is CC/C=C\C/C=C\C/C=C\C/C=C\C/C=C\C/C=C\CCCCC(=O)OC(COC(=O)CCCCCCCCCC)COC(=O)CCCCCCCCCCCC/C=C\C/C=C\C/C=C\C/C=C\CC. The lowest BCUT2D eigenvalue weighted by atomic mass is 10.1. The van der Waals surface area contributed by atoms with Crippen molar-refractivity contribution in [3.63, 3.8) is 0 Å². The number of esters is 3. The molecule has 0 aromatic heterocycles. The van der Waals surface area contributed by atoms with Gasteiger partial charge in [-0.05, 0) is 109 Å². The molecule has 1 atom stereocenters. The number of hydrogen-bond acceptors (Lipinski definition) is 6. The van der Waals surface area contributed by atoms with Gasteiger partial charge in [-0.1, -0.05) is 239 Å². The normalized spacial score (nSPS) is 13.0. The molecule has 0 saturated heterocycles. The topological polar surface area (TPSA) is 78.9 Å². The Morgan fingerprint density at radius 2 is 0.557 bits per heavy atom. The minimum Gasteiger partial charge on any atom is -0.462 e. The minimum absolute atomic E-state index is 0.0985. The number of ether oxygens (including phenoxy) is 3. The van der Waals surface area contributed by atoms with Crippen LogP contribution in [0.4, 0.5) is 0 Å². The smallest absolute Gasteiger partial charge is 0.306 e. The second-order valence-corrected chi connectivity index (χ2v) is 18.4. The summed E-state index contributed by atoms with van der Waals surface area (Å²) in [5.41, 5.74) is 0. The van der Waals surface area contributed by atoms with E-state index in [2.05, 4.69) is 142 Å². The molecule has 0 spiro atoms. The van der Waals surface area contributed by atoms with Crippen molar-refractivity contribution in [2.75, 3.05) is 13.2 Å². The fourth-order valence-corrected chi connectivity index (χ4v) is 7.49. The molecule has 6 nitrogen and oxygen atoms in total. The fraction of sp³-hybridized carbons (Fsp3) is 0.641. The lowest BCUT2D eigenvalue weighted by molar-refractivity contribution is -0.167. The summed E-state index contributed by atoms with van der Waals surface area (Å²) in [5.74, 6) is -0.954. The summed E-state index contributed by atoms with van der Waals surface area (Å²) in [7, 11) is 0. The molecule has 0 amide bonds. The van der Waals surface area contributed by atoms with Crippen LogP contribution in [-0.2, 0) is 28.6 Å². The highest BCUT2D eigenvalue weighted by Gasteiger charge is 2.19. The van der Waals surface area contributed by atoms with Crippen molar-refractivity contribution in [2.45, 2.75) is 252 Å². The van der Waals surface area contributed by atoms with Gasteiger partial charge in [0.05, 0.1) is 0 Å². The van der Waals surface area contributed by atoms with Gasteiger partial charge >= 0.3 is 17.9 Å². The van der Waals surface area contributed by atoms with E-state index < -0.39 is 6.10 Å². The highest BCUT2D eigenvalue weighted by Crippen LogP contribution is 2.14. The van der Waals surface area contributed by atoms with Crippen LogP contribution in [0, 0.1) is 0 Å². The summed E-state index contributed by atoms with van der Waals surface area (Å²) in [5, 5.41) is 0. The molecule has 0 aromatic rings. The Hall–Kier alpha value is -4.19. The van der Waals surface area contributed by atoms with Crippen molar-refractivity contribution in [3.8, 4) is 0 Å². The van der Waals surface area contributed by atoms with Gasteiger partial charge in [-0.15, -0.1) is 0 Å². The van der Waals surface area contributed by atoms with Gasteiger partial charge in [-0.25, -0.2) is 0 Å². The van der Waals surface area contributed by atoms with Crippen LogP contribution in [0.5, 0.6) is 0 Å². The van der Waals surface area contributed by atoms with E-state index >= 15 is 0 Å². The second-order valence-electron chi connectivity index (χ2n) is 18.4. The molecule has 0 saturated carbocycles. The van der Waals surface area contributed by atoms with E-state index in [0.29, 0.717) is 19.3 Å². The van der Waals surface area contributed by atoms with Crippen LogP contribution >= 0.6 is 0 Å². The molecular formula is C64H104O6. The van der Waals surface area contributed by atoms with Crippen LogP contribution in [0.25, 0.3) is 0 Å². The van der Waals surface area contributed by atoms with Gasteiger partial charge in [0.15, 0.2) is 6.10 Å². The maximum atomic E-state index is 12.8. The molecular weight excluding hydrogens is 865 g/mol. The third-order valence-electron chi connectivity index (χ3n) is 11.7. The molecule has 0 radical (unpaired) electrons. The van der Waals surface area contributed by atoms with Crippen molar-refractivity contribution < 1.29 is 28.6 Å². The Labute approximate surface area is 431 Å². The van der Waals surface area contributed by atoms with Crippen LogP contribution < -0.4 is 0 Å². The lowest BCUT2D eigenvalue weighted by Gasteiger charge is -2.18. The molecule has 0 N–H and O–H groups in total. The van der Waals surface area contributed by atoms with Gasteiger partial charge in [0.2, 0.25) is 0 Å². The van der Waals surface area contributed by atoms with Gasteiger partial charge < -0.3 is 14.2 Å². The summed E-state index contributed by atoms with van der Waals surface area (Å²) >= 11 is 0. The number of rotatable bonds is 50. The first kappa shape index (κ1) is 65.8. The Kier molecular flexibility index (Phi) is 54.0. The first-order valence-corrected chi connectivity index (χ1v) is 28.5. The van der Waals surface area contributed by atoms with Gasteiger partial charge in [0.25, 0.3) is 0 Å². The standard InChI is InChI=1S/C64H104O6/c1-4-7-10-13-16-19-21-23-25-27-29-31-32-34-35-37-39-41-43-45-48-51-54-57-63(66)69-60-61(59-68-62(65)56-53-50-47-18-15-12-9-6-3)70-64(67)58-55-52-49-46-44-42-40-38-36-33-30-28-26-24-22-20-17-14-11-8-5-2/h7-8,10-11,16-17,19-20,23-26,29-31,33,38,40,44,46,61H,4-6,9,12-15,18,21-22,27-28,32,34-37,39,41-43,45,47-60H2,1-3H3/b10-7-,11-8-,19-16-,20-17-,25-23-,26-24-,31-29-,33-30-,40-38-,46-44-. The quantitative estimate of drug-likeness (QED) is 0.0262. The van der Waals surface area contributed by atoms with E-state index in [1.165, 1.54) is 83.5 Å². The third-order valence-corrected chi connectivity index (χ3v) is 11.7. The number of unbranched alkanes of at least 4 members (excludes halogenated alkanes) is 19. The molecule has 0 aliphatic heterocycles. The van der Waals surface area contributed by atoms with E-state index in [1.807, 2.05) is 0 Å². The van der Waals surface area contributed by atoms with Crippen molar-refractivity contribution in [1.29, 1.82) is 0 Å². The highest BCUT2D eigenvalue weighted by molar-refractivity contribution is 5.71. The van der Waals surface area contributed by atoms with E-state index in [9.17, 15) is 14.4 Å². The van der Waals surface area contributed by atoms with Crippen molar-refractivity contribution >= 4 is 17.9 Å². The molecule has 396 valence electrons. The van der Waals surface area contributed by atoms with Crippen molar-refractivity contribution in [2.24, 2.45) is 0 Å². The van der Waals surface area contributed by atoms with Gasteiger partial charge in [0.1, 0.15) is 13.2 Å².